The quantitative estimate of drug-likeness (QED) is 0.713. The summed E-state index contributed by atoms with van der Waals surface area (Å²) in [6, 6.07) is 11.8. The van der Waals surface area contributed by atoms with Crippen LogP contribution in [0.15, 0.2) is 30.3 Å². The van der Waals surface area contributed by atoms with E-state index in [1.165, 1.54) is 0 Å². The molecule has 4 nitrogen and oxygen atoms in total. The largest absolute Gasteiger partial charge is 0.497 e. The number of aromatic nitrogens is 1. The Hall–Kier alpha value is -2.58. The van der Waals surface area contributed by atoms with E-state index in [0.717, 1.165) is 38.5 Å². The van der Waals surface area contributed by atoms with E-state index >= 15 is 0 Å². The van der Waals surface area contributed by atoms with E-state index in [-0.39, 0.29) is 0 Å². The molecule has 0 saturated heterocycles. The van der Waals surface area contributed by atoms with E-state index in [9.17, 15) is 5.26 Å². The number of methoxy groups -OCH3 is 2. The molecule has 3 rings (SSSR count). The Morgan fingerprint density at radius 2 is 2.04 bits per heavy atom. The van der Waals surface area contributed by atoms with E-state index in [1.807, 2.05) is 24.3 Å². The molecule has 0 atom stereocenters. The molecule has 0 aliphatic rings. The Morgan fingerprint density at radius 3 is 2.70 bits per heavy atom. The number of nitriles is 1. The zero-order valence-corrected chi connectivity index (χ0v) is 14.0. The van der Waals surface area contributed by atoms with Gasteiger partial charge in [0.05, 0.1) is 30.0 Å². The molecular weight excluding hydrogens is 308 g/mol. The maximum Gasteiger partial charge on any atom is 0.125 e. The van der Waals surface area contributed by atoms with E-state index < -0.39 is 0 Å². The van der Waals surface area contributed by atoms with Gasteiger partial charge in [0.2, 0.25) is 0 Å². The average molecular weight is 324 g/mol. The lowest BCUT2D eigenvalue weighted by Gasteiger charge is -2.10. The Balaban J connectivity index is 2.24. The van der Waals surface area contributed by atoms with Crippen LogP contribution in [-0.2, 0) is 6.42 Å². The van der Waals surface area contributed by atoms with Crippen molar-refractivity contribution in [3.05, 3.63) is 41.5 Å². The Bertz CT molecular complexity index is 909. The fourth-order valence-corrected chi connectivity index (χ4v) is 3.72. The Labute approximate surface area is 138 Å². The van der Waals surface area contributed by atoms with Crippen molar-refractivity contribution in [1.29, 1.82) is 5.26 Å². The SMILES string of the molecule is CCc1c(OC)cccc1-c1nc2c(C#N)cc(OC)cc2s1. The van der Waals surface area contributed by atoms with Crippen LogP contribution in [0.25, 0.3) is 20.8 Å². The van der Waals surface area contributed by atoms with Crippen molar-refractivity contribution in [2.24, 2.45) is 0 Å². The summed E-state index contributed by atoms with van der Waals surface area (Å²) >= 11 is 1.56. The lowest BCUT2D eigenvalue weighted by Crippen LogP contribution is -1.93. The van der Waals surface area contributed by atoms with Gasteiger partial charge in [-0.15, -0.1) is 11.3 Å². The zero-order valence-electron chi connectivity index (χ0n) is 13.2. The van der Waals surface area contributed by atoms with Gasteiger partial charge in [-0.1, -0.05) is 19.1 Å². The van der Waals surface area contributed by atoms with Crippen molar-refractivity contribution in [2.75, 3.05) is 14.2 Å². The fraction of sp³-hybridized carbons (Fsp3) is 0.222. The maximum absolute atomic E-state index is 9.36. The average Bonchev–Trinajstić information content (AvgIpc) is 3.03. The van der Waals surface area contributed by atoms with Gasteiger partial charge in [0.25, 0.3) is 0 Å². The molecule has 5 heteroatoms. The van der Waals surface area contributed by atoms with Crippen molar-refractivity contribution in [2.45, 2.75) is 13.3 Å². The van der Waals surface area contributed by atoms with Crippen molar-refractivity contribution in [1.82, 2.24) is 4.98 Å². The van der Waals surface area contributed by atoms with Crippen LogP contribution in [0.3, 0.4) is 0 Å². The predicted octanol–water partition coefficient (Wildman–Crippen LogP) is 4.41. The monoisotopic (exact) mass is 324 g/mol. The molecule has 0 N–H and O–H groups in total. The third-order valence-electron chi connectivity index (χ3n) is 3.76. The maximum atomic E-state index is 9.36. The highest BCUT2D eigenvalue weighted by Crippen LogP contribution is 2.38. The second-order valence-corrected chi connectivity index (χ2v) is 6.02. The Kier molecular flexibility index (Phi) is 4.18. The van der Waals surface area contributed by atoms with Crippen LogP contribution >= 0.6 is 11.3 Å². The molecule has 23 heavy (non-hydrogen) atoms. The summed E-state index contributed by atoms with van der Waals surface area (Å²) in [6.07, 6.45) is 0.851. The summed E-state index contributed by atoms with van der Waals surface area (Å²) < 4.78 is 11.7. The first kappa shape index (κ1) is 15.3. The number of fused-ring (bicyclic) bond motifs is 1. The number of hydrogen-bond donors (Lipinski definition) is 0. The number of hydrogen-bond acceptors (Lipinski definition) is 5. The topological polar surface area (TPSA) is 55.1 Å². The van der Waals surface area contributed by atoms with Gasteiger partial charge in [-0.3, -0.25) is 0 Å². The summed E-state index contributed by atoms with van der Waals surface area (Å²) in [5.74, 6) is 1.54. The minimum absolute atomic E-state index is 0.530. The summed E-state index contributed by atoms with van der Waals surface area (Å²) in [5.41, 5.74) is 3.43. The second-order valence-electron chi connectivity index (χ2n) is 4.99. The van der Waals surface area contributed by atoms with Crippen molar-refractivity contribution in [3.63, 3.8) is 0 Å². The summed E-state index contributed by atoms with van der Waals surface area (Å²) in [4.78, 5) is 4.70. The van der Waals surface area contributed by atoms with Crippen LogP contribution < -0.4 is 9.47 Å². The van der Waals surface area contributed by atoms with Crippen LogP contribution in [-0.4, -0.2) is 19.2 Å². The summed E-state index contributed by atoms with van der Waals surface area (Å²) in [7, 11) is 3.27. The smallest absolute Gasteiger partial charge is 0.125 e. The van der Waals surface area contributed by atoms with Crippen LogP contribution in [0.1, 0.15) is 18.1 Å². The van der Waals surface area contributed by atoms with Gasteiger partial charge in [-0.25, -0.2) is 4.98 Å². The lowest BCUT2D eigenvalue weighted by molar-refractivity contribution is 0.410. The first-order valence-corrected chi connectivity index (χ1v) is 8.08. The van der Waals surface area contributed by atoms with Crippen LogP contribution in [0.2, 0.25) is 0 Å². The molecule has 0 bridgehead atoms. The first-order valence-electron chi connectivity index (χ1n) is 7.26. The molecule has 0 fully saturated rings. The van der Waals surface area contributed by atoms with Crippen LogP contribution in [0, 0.1) is 11.3 Å². The molecule has 0 radical (unpaired) electrons. The molecule has 3 aromatic rings. The number of benzene rings is 2. The third-order valence-corrected chi connectivity index (χ3v) is 4.80. The normalized spacial score (nSPS) is 10.5. The second kappa shape index (κ2) is 6.27. The number of ether oxygens (including phenoxy) is 2. The van der Waals surface area contributed by atoms with Gasteiger partial charge in [-0.2, -0.15) is 5.26 Å². The molecule has 0 saturated carbocycles. The van der Waals surface area contributed by atoms with Gasteiger partial charge >= 0.3 is 0 Å². The van der Waals surface area contributed by atoms with Gasteiger partial charge in [0.15, 0.2) is 0 Å². The molecule has 1 aromatic heterocycles. The predicted molar refractivity (Wildman–Crippen MR) is 92.3 cm³/mol. The number of thiazole rings is 1. The third kappa shape index (κ3) is 2.62. The Morgan fingerprint density at radius 1 is 1.22 bits per heavy atom. The molecule has 0 aliphatic carbocycles. The van der Waals surface area contributed by atoms with Crippen molar-refractivity contribution in [3.8, 4) is 28.1 Å². The number of nitrogens with zero attached hydrogens (tertiary/aromatic N) is 2. The van der Waals surface area contributed by atoms with E-state index in [2.05, 4.69) is 13.0 Å². The standard InChI is InChI=1S/C18H16N2O2S/c1-4-13-14(6-5-7-15(13)22-3)18-20-17-11(10-19)8-12(21-2)9-16(17)23-18/h5-9H,4H2,1-3H3. The molecule has 116 valence electrons. The minimum Gasteiger partial charge on any atom is -0.497 e. The van der Waals surface area contributed by atoms with E-state index in [1.54, 1.807) is 31.6 Å². The van der Waals surface area contributed by atoms with Crippen LogP contribution in [0.4, 0.5) is 0 Å². The number of rotatable bonds is 4. The van der Waals surface area contributed by atoms with Gasteiger partial charge in [-0.05, 0) is 18.6 Å². The fourth-order valence-electron chi connectivity index (χ4n) is 2.64. The van der Waals surface area contributed by atoms with E-state index in [0.29, 0.717) is 11.3 Å². The van der Waals surface area contributed by atoms with Gasteiger partial charge in [0, 0.05) is 17.2 Å². The van der Waals surface area contributed by atoms with Gasteiger partial charge in [0.1, 0.15) is 22.6 Å². The molecule has 2 aromatic carbocycles. The molecule has 0 amide bonds. The van der Waals surface area contributed by atoms with Gasteiger partial charge < -0.3 is 9.47 Å². The molecule has 0 unspecified atom stereocenters. The molecular formula is C18H16N2O2S. The van der Waals surface area contributed by atoms with Crippen LogP contribution in [0.5, 0.6) is 11.5 Å². The van der Waals surface area contributed by atoms with E-state index in [4.69, 9.17) is 14.5 Å². The molecule has 1 heterocycles. The summed E-state index contributed by atoms with van der Waals surface area (Å²) in [6.45, 7) is 2.10. The molecule has 0 aliphatic heterocycles. The highest BCUT2D eigenvalue weighted by atomic mass is 32.1. The zero-order chi connectivity index (χ0) is 16.4. The van der Waals surface area contributed by atoms with Crippen molar-refractivity contribution >= 4 is 21.6 Å². The highest BCUT2D eigenvalue weighted by Gasteiger charge is 2.16. The van der Waals surface area contributed by atoms with Crippen molar-refractivity contribution < 1.29 is 9.47 Å². The minimum atomic E-state index is 0.530. The molecule has 0 spiro atoms. The first-order chi connectivity index (χ1) is 11.2. The highest BCUT2D eigenvalue weighted by molar-refractivity contribution is 7.21. The lowest BCUT2D eigenvalue weighted by atomic mass is 10.0. The summed E-state index contributed by atoms with van der Waals surface area (Å²) in [5, 5.41) is 10.2.